The van der Waals surface area contributed by atoms with Gasteiger partial charge in [-0.25, -0.2) is 15.0 Å². The van der Waals surface area contributed by atoms with Crippen molar-refractivity contribution in [1.29, 1.82) is 0 Å². The van der Waals surface area contributed by atoms with Gasteiger partial charge in [-0.2, -0.15) is 5.10 Å². The Kier molecular flexibility index (Phi) is 4.10. The van der Waals surface area contributed by atoms with E-state index in [2.05, 4.69) is 56.2 Å². The van der Waals surface area contributed by atoms with Crippen LogP contribution in [0.4, 0.5) is 5.82 Å². The fourth-order valence-corrected chi connectivity index (χ4v) is 2.86. The molecule has 0 fully saturated rings. The molecule has 0 saturated heterocycles. The van der Waals surface area contributed by atoms with Crippen LogP contribution in [0.5, 0.6) is 0 Å². The monoisotopic (exact) mass is 363 g/mol. The number of hydrogen-bond donors (Lipinski definition) is 3. The number of nitrogens with one attached hydrogen (secondary N) is 3. The molecule has 0 spiro atoms. The maximum Gasteiger partial charge on any atom is 0.226 e. The molecule has 0 bridgehead atoms. The molecule has 8 nitrogen and oxygen atoms in total. The largest absolute Gasteiger partial charge is 0.341 e. The van der Waals surface area contributed by atoms with E-state index in [0.717, 1.165) is 22.4 Å². The van der Waals surface area contributed by atoms with Crippen molar-refractivity contribution in [1.82, 2.24) is 30.1 Å². The molecule has 4 aromatic heterocycles. The smallest absolute Gasteiger partial charge is 0.226 e. The number of aromatic nitrogens is 6. The Hall–Kier alpha value is -3.29. The standard InChI is InChI=1S/C19H21N7O/c1-19(2,3)13-7-6-11-16(22-13)25-26-17(11)24-15(27)9-8-14-21-12-5-4-10-20-18(12)23-14/h4-7,10H,8-9H2,1-3H3,(H,20,21,23)(H2,22,24,25,26,27). The number of carbonyl (C=O) groups is 1. The highest BCUT2D eigenvalue weighted by Gasteiger charge is 2.18. The molecule has 3 N–H and O–H groups in total. The second kappa shape index (κ2) is 6.46. The van der Waals surface area contributed by atoms with Gasteiger partial charge in [0.2, 0.25) is 5.91 Å². The summed E-state index contributed by atoms with van der Waals surface area (Å²) in [7, 11) is 0. The SMILES string of the molecule is CC(C)(C)c1ccc2c(NC(=O)CCc3nc4ncccc4[nH]3)n[nH]c2n1. The number of carbonyl (C=O) groups excluding carboxylic acids is 1. The first-order valence-electron chi connectivity index (χ1n) is 8.85. The minimum absolute atomic E-state index is 0.0514. The number of hydrogen-bond acceptors (Lipinski definition) is 5. The van der Waals surface area contributed by atoms with Gasteiger partial charge in [0.1, 0.15) is 5.82 Å². The molecule has 0 saturated carbocycles. The Labute approximate surface area is 155 Å². The van der Waals surface area contributed by atoms with E-state index in [4.69, 9.17) is 0 Å². The highest BCUT2D eigenvalue weighted by atomic mass is 16.1. The van der Waals surface area contributed by atoms with E-state index in [-0.39, 0.29) is 11.3 Å². The van der Waals surface area contributed by atoms with E-state index >= 15 is 0 Å². The van der Waals surface area contributed by atoms with Gasteiger partial charge in [0.05, 0.1) is 10.9 Å². The lowest BCUT2D eigenvalue weighted by Gasteiger charge is -2.17. The quantitative estimate of drug-likeness (QED) is 0.516. The van der Waals surface area contributed by atoms with Gasteiger partial charge in [0.15, 0.2) is 17.1 Å². The van der Waals surface area contributed by atoms with E-state index < -0.39 is 0 Å². The topological polar surface area (TPSA) is 112 Å². The van der Waals surface area contributed by atoms with Crippen LogP contribution < -0.4 is 5.32 Å². The van der Waals surface area contributed by atoms with Crippen molar-refractivity contribution < 1.29 is 4.79 Å². The predicted molar refractivity (Wildman–Crippen MR) is 103 cm³/mol. The molecule has 0 radical (unpaired) electrons. The zero-order valence-corrected chi connectivity index (χ0v) is 15.5. The third-order valence-corrected chi connectivity index (χ3v) is 4.35. The van der Waals surface area contributed by atoms with Gasteiger partial charge >= 0.3 is 0 Å². The summed E-state index contributed by atoms with van der Waals surface area (Å²) in [6, 6.07) is 7.66. The number of imidazole rings is 1. The zero-order valence-electron chi connectivity index (χ0n) is 15.5. The van der Waals surface area contributed by atoms with Gasteiger partial charge in [-0.3, -0.25) is 9.89 Å². The lowest BCUT2D eigenvalue weighted by Crippen LogP contribution is -2.14. The number of aryl methyl sites for hydroxylation is 1. The molecule has 4 rings (SSSR count). The van der Waals surface area contributed by atoms with Gasteiger partial charge in [-0.05, 0) is 24.3 Å². The van der Waals surface area contributed by atoms with Crippen LogP contribution >= 0.6 is 0 Å². The Balaban J connectivity index is 1.44. The van der Waals surface area contributed by atoms with Gasteiger partial charge in [0.25, 0.3) is 0 Å². The molecule has 0 aliphatic heterocycles. The highest BCUT2D eigenvalue weighted by molar-refractivity contribution is 5.98. The van der Waals surface area contributed by atoms with Crippen LogP contribution in [-0.4, -0.2) is 36.0 Å². The maximum absolute atomic E-state index is 12.3. The Morgan fingerprint density at radius 1 is 1.19 bits per heavy atom. The summed E-state index contributed by atoms with van der Waals surface area (Å²) in [5.41, 5.74) is 3.11. The second-order valence-electron chi connectivity index (χ2n) is 7.52. The molecular weight excluding hydrogens is 342 g/mol. The summed E-state index contributed by atoms with van der Waals surface area (Å²) in [4.78, 5) is 28.7. The van der Waals surface area contributed by atoms with Gasteiger partial charge in [0, 0.05) is 30.1 Å². The van der Waals surface area contributed by atoms with Crippen molar-refractivity contribution in [2.24, 2.45) is 0 Å². The molecule has 4 aromatic rings. The first-order valence-corrected chi connectivity index (χ1v) is 8.85. The van der Waals surface area contributed by atoms with E-state index in [9.17, 15) is 4.79 Å². The number of anilines is 1. The average molecular weight is 363 g/mol. The van der Waals surface area contributed by atoms with Crippen LogP contribution in [0.2, 0.25) is 0 Å². The Morgan fingerprint density at radius 3 is 2.81 bits per heavy atom. The van der Waals surface area contributed by atoms with Crippen molar-refractivity contribution in [2.45, 2.75) is 39.0 Å². The molecule has 0 aromatic carbocycles. The van der Waals surface area contributed by atoms with Crippen LogP contribution in [0, 0.1) is 0 Å². The van der Waals surface area contributed by atoms with E-state index in [1.807, 2.05) is 24.3 Å². The first kappa shape index (κ1) is 17.1. The lowest BCUT2D eigenvalue weighted by atomic mass is 9.91. The van der Waals surface area contributed by atoms with Gasteiger partial charge in [-0.15, -0.1) is 0 Å². The fourth-order valence-electron chi connectivity index (χ4n) is 2.86. The van der Waals surface area contributed by atoms with Crippen molar-refractivity contribution in [3.63, 3.8) is 0 Å². The van der Waals surface area contributed by atoms with Crippen LogP contribution in [0.25, 0.3) is 22.2 Å². The summed E-state index contributed by atoms with van der Waals surface area (Å²) in [5, 5.41) is 10.7. The molecular formula is C19H21N7O. The van der Waals surface area contributed by atoms with E-state index in [1.54, 1.807) is 6.20 Å². The average Bonchev–Trinajstić information content (AvgIpc) is 3.22. The molecule has 0 atom stereocenters. The summed E-state index contributed by atoms with van der Waals surface area (Å²) >= 11 is 0. The predicted octanol–water partition coefficient (Wildman–Crippen LogP) is 3.10. The maximum atomic E-state index is 12.3. The fraction of sp³-hybridized carbons (Fsp3) is 0.316. The third kappa shape index (κ3) is 3.51. The van der Waals surface area contributed by atoms with Crippen LogP contribution in [0.1, 0.15) is 38.7 Å². The molecule has 1 amide bonds. The summed E-state index contributed by atoms with van der Waals surface area (Å²) in [5.74, 6) is 1.10. The number of rotatable bonds is 4. The number of nitrogens with zero attached hydrogens (tertiary/aromatic N) is 4. The highest BCUT2D eigenvalue weighted by Crippen LogP contribution is 2.25. The molecule has 138 valence electrons. The van der Waals surface area contributed by atoms with Crippen molar-refractivity contribution in [3.05, 3.63) is 42.0 Å². The number of aromatic amines is 2. The molecule has 27 heavy (non-hydrogen) atoms. The van der Waals surface area contributed by atoms with Gasteiger partial charge in [-0.1, -0.05) is 20.8 Å². The van der Waals surface area contributed by atoms with Gasteiger partial charge < -0.3 is 10.3 Å². The van der Waals surface area contributed by atoms with Crippen molar-refractivity contribution >= 4 is 33.9 Å². The molecule has 0 aliphatic rings. The molecule has 4 heterocycles. The van der Waals surface area contributed by atoms with Crippen LogP contribution in [0.3, 0.4) is 0 Å². The molecule has 0 aliphatic carbocycles. The minimum Gasteiger partial charge on any atom is -0.341 e. The number of amides is 1. The summed E-state index contributed by atoms with van der Waals surface area (Å²) in [6.45, 7) is 6.31. The first-order chi connectivity index (χ1) is 12.9. The number of fused-ring (bicyclic) bond motifs is 2. The Bertz CT molecular complexity index is 1090. The number of H-pyrrole nitrogens is 2. The van der Waals surface area contributed by atoms with Crippen LogP contribution in [0.15, 0.2) is 30.5 Å². The number of pyridine rings is 2. The second-order valence-corrected chi connectivity index (χ2v) is 7.52. The summed E-state index contributed by atoms with van der Waals surface area (Å²) < 4.78 is 0. The lowest BCUT2D eigenvalue weighted by molar-refractivity contribution is -0.116. The Morgan fingerprint density at radius 2 is 2.04 bits per heavy atom. The third-order valence-electron chi connectivity index (χ3n) is 4.35. The molecule has 8 heteroatoms. The molecule has 0 unspecified atom stereocenters. The summed E-state index contributed by atoms with van der Waals surface area (Å²) in [6.07, 6.45) is 2.49. The zero-order chi connectivity index (χ0) is 19.0. The normalized spacial score (nSPS) is 12.0. The van der Waals surface area contributed by atoms with E-state index in [1.165, 1.54) is 0 Å². The van der Waals surface area contributed by atoms with Crippen LogP contribution in [-0.2, 0) is 16.6 Å². The van der Waals surface area contributed by atoms with Crippen molar-refractivity contribution in [2.75, 3.05) is 5.32 Å². The minimum atomic E-state index is -0.128. The van der Waals surface area contributed by atoms with E-state index in [0.29, 0.717) is 30.0 Å². The van der Waals surface area contributed by atoms with Crippen molar-refractivity contribution in [3.8, 4) is 0 Å².